The topological polar surface area (TPSA) is 12.0 Å². The van der Waals surface area contributed by atoms with E-state index in [1.165, 1.54) is 11.1 Å². The largest absolute Gasteiger partial charge is 0.315 e. The molecular formula is C16H15BrClN. The van der Waals surface area contributed by atoms with Gasteiger partial charge in [0.15, 0.2) is 0 Å². The second kappa shape index (κ2) is 5.28. The Morgan fingerprint density at radius 1 is 1.11 bits per heavy atom. The SMILES string of the molecule is Clc1cccc(C2(Cc3cccc(Br)c3)CNC2)c1. The Hall–Kier alpha value is -0.830. The molecule has 0 atom stereocenters. The van der Waals surface area contributed by atoms with Crippen LogP contribution in [0.15, 0.2) is 53.0 Å². The third kappa shape index (κ3) is 2.71. The molecule has 0 aromatic heterocycles. The molecule has 3 rings (SSSR count). The minimum Gasteiger partial charge on any atom is -0.315 e. The summed E-state index contributed by atoms with van der Waals surface area (Å²) in [7, 11) is 0. The maximum Gasteiger partial charge on any atom is 0.0408 e. The van der Waals surface area contributed by atoms with Gasteiger partial charge in [0.1, 0.15) is 0 Å². The van der Waals surface area contributed by atoms with Crippen LogP contribution in [0.5, 0.6) is 0 Å². The Labute approximate surface area is 127 Å². The lowest BCUT2D eigenvalue weighted by Gasteiger charge is -2.43. The molecule has 1 N–H and O–H groups in total. The first-order valence-electron chi connectivity index (χ1n) is 6.39. The number of rotatable bonds is 3. The lowest BCUT2D eigenvalue weighted by molar-refractivity contribution is 0.274. The molecule has 0 unspecified atom stereocenters. The van der Waals surface area contributed by atoms with Crippen molar-refractivity contribution in [1.29, 1.82) is 0 Å². The summed E-state index contributed by atoms with van der Waals surface area (Å²) in [6.45, 7) is 2.03. The predicted octanol–water partition coefficient (Wildman–Crippen LogP) is 4.19. The summed E-state index contributed by atoms with van der Waals surface area (Å²) >= 11 is 9.67. The van der Waals surface area contributed by atoms with Crippen molar-refractivity contribution < 1.29 is 0 Å². The molecule has 0 saturated carbocycles. The first kappa shape index (κ1) is 13.2. The first-order chi connectivity index (χ1) is 9.18. The van der Waals surface area contributed by atoms with Gasteiger partial charge in [-0.15, -0.1) is 0 Å². The van der Waals surface area contributed by atoms with Crippen molar-refractivity contribution in [3.05, 3.63) is 69.2 Å². The zero-order valence-corrected chi connectivity index (χ0v) is 12.8. The van der Waals surface area contributed by atoms with E-state index in [9.17, 15) is 0 Å². The minimum atomic E-state index is 0.186. The number of benzene rings is 2. The molecule has 2 aromatic rings. The smallest absolute Gasteiger partial charge is 0.0408 e. The zero-order valence-electron chi connectivity index (χ0n) is 10.5. The van der Waals surface area contributed by atoms with E-state index in [0.717, 1.165) is 29.0 Å². The van der Waals surface area contributed by atoms with Crippen LogP contribution in [0.25, 0.3) is 0 Å². The van der Waals surface area contributed by atoms with Gasteiger partial charge < -0.3 is 5.32 Å². The zero-order chi connectivity index (χ0) is 13.3. The lowest BCUT2D eigenvalue weighted by Crippen LogP contribution is -2.58. The van der Waals surface area contributed by atoms with Gasteiger partial charge in [-0.25, -0.2) is 0 Å². The van der Waals surface area contributed by atoms with E-state index in [2.05, 4.69) is 57.6 Å². The molecule has 19 heavy (non-hydrogen) atoms. The molecule has 1 nitrogen and oxygen atoms in total. The van der Waals surface area contributed by atoms with Crippen LogP contribution in [0, 0.1) is 0 Å². The van der Waals surface area contributed by atoms with Gasteiger partial charge in [-0.3, -0.25) is 0 Å². The highest BCUT2D eigenvalue weighted by Crippen LogP contribution is 2.34. The summed E-state index contributed by atoms with van der Waals surface area (Å²) in [5.41, 5.74) is 2.88. The summed E-state index contributed by atoms with van der Waals surface area (Å²) in [4.78, 5) is 0. The Morgan fingerprint density at radius 2 is 1.89 bits per heavy atom. The monoisotopic (exact) mass is 335 g/mol. The summed E-state index contributed by atoms with van der Waals surface area (Å²) in [6.07, 6.45) is 1.04. The van der Waals surface area contributed by atoms with Gasteiger partial charge in [0.05, 0.1) is 0 Å². The third-order valence-electron chi connectivity index (χ3n) is 3.80. The highest BCUT2D eigenvalue weighted by Gasteiger charge is 2.38. The summed E-state index contributed by atoms with van der Waals surface area (Å²) in [6, 6.07) is 16.8. The van der Waals surface area contributed by atoms with Crippen molar-refractivity contribution in [1.82, 2.24) is 5.32 Å². The Bertz CT molecular complexity index is 593. The lowest BCUT2D eigenvalue weighted by atomic mass is 9.71. The van der Waals surface area contributed by atoms with Crippen LogP contribution in [-0.4, -0.2) is 13.1 Å². The van der Waals surface area contributed by atoms with Gasteiger partial charge in [-0.2, -0.15) is 0 Å². The Morgan fingerprint density at radius 3 is 2.53 bits per heavy atom. The second-order valence-electron chi connectivity index (χ2n) is 5.20. The quantitative estimate of drug-likeness (QED) is 0.886. The van der Waals surface area contributed by atoms with Crippen molar-refractivity contribution in [3.8, 4) is 0 Å². The molecule has 0 amide bonds. The Kier molecular flexibility index (Phi) is 3.66. The van der Waals surface area contributed by atoms with Crippen LogP contribution in [-0.2, 0) is 11.8 Å². The molecular weight excluding hydrogens is 322 g/mol. The van der Waals surface area contributed by atoms with E-state index in [0.29, 0.717) is 0 Å². The normalized spacial score (nSPS) is 16.9. The van der Waals surface area contributed by atoms with E-state index in [-0.39, 0.29) is 5.41 Å². The van der Waals surface area contributed by atoms with E-state index < -0.39 is 0 Å². The molecule has 1 fully saturated rings. The van der Waals surface area contributed by atoms with Crippen molar-refractivity contribution >= 4 is 27.5 Å². The molecule has 0 radical (unpaired) electrons. The molecule has 1 aliphatic heterocycles. The van der Waals surface area contributed by atoms with Crippen LogP contribution in [0.4, 0.5) is 0 Å². The van der Waals surface area contributed by atoms with Gasteiger partial charge in [0.25, 0.3) is 0 Å². The number of hydrogen-bond acceptors (Lipinski definition) is 1. The van der Waals surface area contributed by atoms with Crippen molar-refractivity contribution in [2.24, 2.45) is 0 Å². The predicted molar refractivity (Wildman–Crippen MR) is 83.8 cm³/mol. The van der Waals surface area contributed by atoms with E-state index in [1.807, 2.05) is 12.1 Å². The van der Waals surface area contributed by atoms with Gasteiger partial charge in [0.2, 0.25) is 0 Å². The molecule has 0 bridgehead atoms. The van der Waals surface area contributed by atoms with Crippen molar-refractivity contribution in [2.45, 2.75) is 11.8 Å². The van der Waals surface area contributed by atoms with Crippen LogP contribution < -0.4 is 5.32 Å². The fourth-order valence-electron chi connectivity index (χ4n) is 2.71. The summed E-state index contributed by atoms with van der Waals surface area (Å²) < 4.78 is 1.14. The molecule has 1 heterocycles. The maximum atomic E-state index is 6.13. The van der Waals surface area contributed by atoms with Crippen LogP contribution >= 0.6 is 27.5 Å². The van der Waals surface area contributed by atoms with Crippen molar-refractivity contribution in [3.63, 3.8) is 0 Å². The van der Waals surface area contributed by atoms with Gasteiger partial charge >= 0.3 is 0 Å². The van der Waals surface area contributed by atoms with Gasteiger partial charge in [-0.1, -0.05) is 51.8 Å². The molecule has 0 spiro atoms. The van der Waals surface area contributed by atoms with E-state index in [4.69, 9.17) is 11.6 Å². The van der Waals surface area contributed by atoms with Gasteiger partial charge in [0, 0.05) is 28.0 Å². The fourth-order valence-corrected chi connectivity index (χ4v) is 3.35. The van der Waals surface area contributed by atoms with E-state index in [1.54, 1.807) is 0 Å². The van der Waals surface area contributed by atoms with Crippen LogP contribution in [0.2, 0.25) is 5.02 Å². The molecule has 2 aromatic carbocycles. The van der Waals surface area contributed by atoms with Crippen LogP contribution in [0.1, 0.15) is 11.1 Å². The minimum absolute atomic E-state index is 0.186. The maximum absolute atomic E-state index is 6.13. The standard InChI is InChI=1S/C16H15BrClN/c17-14-5-1-3-12(7-14)9-16(10-19-11-16)13-4-2-6-15(18)8-13/h1-8,19H,9-11H2. The number of halogens is 2. The third-order valence-corrected chi connectivity index (χ3v) is 4.52. The number of nitrogens with one attached hydrogen (secondary N) is 1. The molecule has 0 aliphatic carbocycles. The average Bonchev–Trinajstić information content (AvgIpc) is 2.34. The highest BCUT2D eigenvalue weighted by molar-refractivity contribution is 9.10. The molecule has 1 aliphatic rings. The van der Waals surface area contributed by atoms with E-state index >= 15 is 0 Å². The average molecular weight is 337 g/mol. The summed E-state index contributed by atoms with van der Waals surface area (Å²) in [5.74, 6) is 0. The fraction of sp³-hybridized carbons (Fsp3) is 0.250. The molecule has 1 saturated heterocycles. The second-order valence-corrected chi connectivity index (χ2v) is 6.55. The first-order valence-corrected chi connectivity index (χ1v) is 7.56. The molecule has 98 valence electrons. The Balaban J connectivity index is 1.91. The van der Waals surface area contributed by atoms with Crippen molar-refractivity contribution in [2.75, 3.05) is 13.1 Å². The molecule has 3 heteroatoms. The highest BCUT2D eigenvalue weighted by atomic mass is 79.9. The van der Waals surface area contributed by atoms with Gasteiger partial charge in [-0.05, 0) is 41.8 Å². The summed E-state index contributed by atoms with van der Waals surface area (Å²) in [5, 5.41) is 4.22. The number of hydrogen-bond donors (Lipinski definition) is 1. The van der Waals surface area contributed by atoms with Crippen LogP contribution in [0.3, 0.4) is 0 Å².